The van der Waals surface area contributed by atoms with Gasteiger partial charge in [-0.2, -0.15) is 0 Å². The third-order valence-corrected chi connectivity index (χ3v) is 7.94. The lowest BCUT2D eigenvalue weighted by Gasteiger charge is -2.31. The van der Waals surface area contributed by atoms with Gasteiger partial charge in [-0.3, -0.25) is 4.79 Å². The van der Waals surface area contributed by atoms with Gasteiger partial charge in [0.15, 0.2) is 0 Å². The molecule has 0 bridgehead atoms. The summed E-state index contributed by atoms with van der Waals surface area (Å²) < 4.78 is 32.2. The van der Waals surface area contributed by atoms with Crippen molar-refractivity contribution in [1.29, 1.82) is 0 Å². The number of sulfonamides is 1. The molecule has 0 radical (unpaired) electrons. The van der Waals surface area contributed by atoms with E-state index in [1.54, 1.807) is 25.1 Å². The molecular formula is C22H23Cl3N2O5S. The highest BCUT2D eigenvalue weighted by Gasteiger charge is 2.33. The van der Waals surface area contributed by atoms with Gasteiger partial charge in [-0.15, -0.1) is 0 Å². The summed E-state index contributed by atoms with van der Waals surface area (Å²) in [5.74, 6) is -1.75. The van der Waals surface area contributed by atoms with E-state index in [9.17, 15) is 18.0 Å². The maximum absolute atomic E-state index is 13.0. The second-order valence-electron chi connectivity index (χ2n) is 7.59. The highest BCUT2D eigenvalue weighted by Crippen LogP contribution is 2.27. The zero-order valence-corrected chi connectivity index (χ0v) is 20.9. The Balaban J connectivity index is 1.69. The fraction of sp³-hybridized carbons (Fsp3) is 0.364. The molecule has 1 aliphatic heterocycles. The minimum Gasteiger partial charge on any atom is -0.462 e. The molecule has 1 unspecified atom stereocenters. The first kappa shape index (κ1) is 25.8. The predicted molar refractivity (Wildman–Crippen MR) is 129 cm³/mol. The van der Waals surface area contributed by atoms with Crippen molar-refractivity contribution < 1.29 is 22.7 Å². The Kier molecular flexibility index (Phi) is 8.64. The second-order valence-corrected chi connectivity index (χ2v) is 10.8. The topological polar surface area (TPSA) is 92.8 Å². The van der Waals surface area contributed by atoms with Crippen LogP contribution in [0, 0.1) is 5.92 Å². The predicted octanol–water partition coefficient (Wildman–Crippen LogP) is 5.00. The number of amides is 1. The Hall–Kier alpha value is -1.84. The Morgan fingerprint density at radius 2 is 1.88 bits per heavy atom. The summed E-state index contributed by atoms with van der Waals surface area (Å²) in [6.45, 7) is 2.25. The third kappa shape index (κ3) is 6.61. The van der Waals surface area contributed by atoms with Gasteiger partial charge in [-0.25, -0.2) is 17.5 Å². The summed E-state index contributed by atoms with van der Waals surface area (Å²) in [6, 6.07) is 9.17. The monoisotopic (exact) mass is 532 g/mol. The average molecular weight is 534 g/mol. The van der Waals surface area contributed by atoms with Gasteiger partial charge in [-0.05, 0) is 55.7 Å². The second kappa shape index (κ2) is 11.1. The molecule has 0 spiro atoms. The number of hydrogen-bond acceptors (Lipinski definition) is 5. The Morgan fingerprint density at radius 3 is 2.58 bits per heavy atom. The Labute approximate surface area is 208 Å². The first-order valence-corrected chi connectivity index (χ1v) is 13.0. The number of ether oxygens (including phenoxy) is 1. The van der Waals surface area contributed by atoms with Gasteiger partial charge < -0.3 is 10.1 Å². The van der Waals surface area contributed by atoms with Crippen LogP contribution in [0.4, 0.5) is 5.69 Å². The molecule has 3 rings (SSSR count). The Bertz CT molecular complexity index is 1160. The van der Waals surface area contributed by atoms with E-state index in [0.29, 0.717) is 35.7 Å². The number of rotatable bonds is 7. The number of carbonyl (C=O) groups excluding carboxylic acids is 2. The smallest absolute Gasteiger partial charge is 0.339 e. The molecule has 1 saturated heterocycles. The zero-order chi connectivity index (χ0) is 24.2. The number of nitrogens with one attached hydrogen (secondary N) is 1. The van der Waals surface area contributed by atoms with Crippen molar-refractivity contribution in [1.82, 2.24) is 4.31 Å². The third-order valence-electron chi connectivity index (χ3n) is 5.23. The van der Waals surface area contributed by atoms with E-state index in [1.165, 1.54) is 22.5 Å². The summed E-state index contributed by atoms with van der Waals surface area (Å²) in [5, 5.41) is 3.66. The first-order valence-electron chi connectivity index (χ1n) is 10.3. The summed E-state index contributed by atoms with van der Waals surface area (Å²) in [6.07, 6.45) is 1.08. The largest absolute Gasteiger partial charge is 0.462 e. The van der Waals surface area contributed by atoms with Gasteiger partial charge in [0.05, 0.1) is 28.9 Å². The van der Waals surface area contributed by atoms with Crippen LogP contribution in [-0.2, 0) is 25.3 Å². The highest BCUT2D eigenvalue weighted by molar-refractivity contribution is 7.88. The molecule has 1 amide bonds. The molecule has 2 aromatic rings. The van der Waals surface area contributed by atoms with Gasteiger partial charge in [0.2, 0.25) is 15.9 Å². The molecule has 7 nitrogen and oxygen atoms in total. The molecule has 33 heavy (non-hydrogen) atoms. The number of hydrogen-bond donors (Lipinski definition) is 1. The van der Waals surface area contributed by atoms with E-state index in [0.717, 1.165) is 0 Å². The van der Waals surface area contributed by atoms with Gasteiger partial charge in [0, 0.05) is 28.8 Å². The number of anilines is 1. The quantitative estimate of drug-likeness (QED) is 0.505. The van der Waals surface area contributed by atoms with E-state index in [2.05, 4.69) is 5.32 Å². The fourth-order valence-electron chi connectivity index (χ4n) is 3.55. The van der Waals surface area contributed by atoms with Crippen LogP contribution < -0.4 is 5.32 Å². The maximum atomic E-state index is 13.0. The van der Waals surface area contributed by atoms with Crippen LogP contribution in [0.15, 0.2) is 36.4 Å². The van der Waals surface area contributed by atoms with Crippen molar-refractivity contribution in [2.24, 2.45) is 5.92 Å². The molecule has 1 fully saturated rings. The van der Waals surface area contributed by atoms with Crippen LogP contribution in [0.3, 0.4) is 0 Å². The maximum Gasteiger partial charge on any atom is 0.339 e. The van der Waals surface area contributed by atoms with Crippen molar-refractivity contribution in [3.63, 3.8) is 0 Å². The van der Waals surface area contributed by atoms with E-state index in [4.69, 9.17) is 39.5 Å². The normalized spacial score (nSPS) is 16.9. The van der Waals surface area contributed by atoms with Gasteiger partial charge >= 0.3 is 5.97 Å². The van der Waals surface area contributed by atoms with Gasteiger partial charge in [0.1, 0.15) is 0 Å². The molecule has 0 aliphatic carbocycles. The summed E-state index contributed by atoms with van der Waals surface area (Å²) in [5.41, 5.74) is 0.963. The van der Waals surface area contributed by atoms with E-state index in [1.807, 2.05) is 0 Å². The highest BCUT2D eigenvalue weighted by atomic mass is 35.5. The minimum absolute atomic E-state index is 0.0533. The molecule has 1 atom stereocenters. The van der Waals surface area contributed by atoms with Gasteiger partial charge in [0.25, 0.3) is 0 Å². The number of carbonyl (C=O) groups is 2. The molecule has 2 aromatic carbocycles. The standard InChI is InChI=1S/C22H23Cl3N2O5S/c1-2-32-22(29)18-11-17(7-8-19(18)24)26-21(28)14-4-3-9-27(12-14)33(30,31)13-15-5-6-16(23)10-20(15)25/h5-8,10-11,14H,2-4,9,12-13H2,1H3,(H,26,28). The van der Waals surface area contributed by atoms with Crippen LogP contribution >= 0.6 is 34.8 Å². The molecule has 178 valence electrons. The van der Waals surface area contributed by atoms with Gasteiger partial charge in [-0.1, -0.05) is 40.9 Å². The van der Waals surface area contributed by atoms with Crippen LogP contribution in [0.25, 0.3) is 0 Å². The van der Waals surface area contributed by atoms with Crippen molar-refractivity contribution in [2.45, 2.75) is 25.5 Å². The fourth-order valence-corrected chi connectivity index (χ4v) is 5.94. The van der Waals surface area contributed by atoms with Crippen molar-refractivity contribution in [3.8, 4) is 0 Å². The van der Waals surface area contributed by atoms with Crippen molar-refractivity contribution in [3.05, 3.63) is 62.6 Å². The zero-order valence-electron chi connectivity index (χ0n) is 17.8. The number of benzene rings is 2. The summed E-state index contributed by atoms with van der Waals surface area (Å²) in [4.78, 5) is 24.9. The number of esters is 1. The lowest BCUT2D eigenvalue weighted by atomic mass is 9.98. The SMILES string of the molecule is CCOC(=O)c1cc(NC(=O)C2CCCN(S(=O)(=O)Cc3ccc(Cl)cc3Cl)C2)ccc1Cl. The van der Waals surface area contributed by atoms with Crippen LogP contribution in [0.1, 0.15) is 35.7 Å². The summed E-state index contributed by atoms with van der Waals surface area (Å²) in [7, 11) is -3.69. The van der Waals surface area contributed by atoms with Crippen molar-refractivity contribution in [2.75, 3.05) is 25.0 Å². The van der Waals surface area contributed by atoms with E-state index >= 15 is 0 Å². The minimum atomic E-state index is -3.69. The molecule has 1 heterocycles. The van der Waals surface area contributed by atoms with E-state index < -0.39 is 21.9 Å². The van der Waals surface area contributed by atoms with Crippen LogP contribution in [0.5, 0.6) is 0 Å². The molecule has 1 N–H and O–H groups in total. The molecule has 1 aliphatic rings. The lowest BCUT2D eigenvalue weighted by Crippen LogP contribution is -2.44. The number of halogens is 3. The van der Waals surface area contributed by atoms with Crippen LogP contribution in [-0.4, -0.2) is 44.3 Å². The van der Waals surface area contributed by atoms with Crippen LogP contribution in [0.2, 0.25) is 15.1 Å². The number of piperidine rings is 1. The number of nitrogens with zero attached hydrogens (tertiary/aromatic N) is 1. The van der Waals surface area contributed by atoms with E-state index in [-0.39, 0.29) is 40.4 Å². The molecule has 0 aromatic heterocycles. The van der Waals surface area contributed by atoms with Crippen molar-refractivity contribution >= 4 is 62.4 Å². The molecular weight excluding hydrogens is 511 g/mol. The molecule has 11 heteroatoms. The Morgan fingerprint density at radius 1 is 1.12 bits per heavy atom. The molecule has 0 saturated carbocycles. The first-order chi connectivity index (χ1) is 15.6. The average Bonchev–Trinajstić information content (AvgIpc) is 2.77. The lowest BCUT2D eigenvalue weighted by molar-refractivity contribution is -0.120. The summed E-state index contributed by atoms with van der Waals surface area (Å²) >= 11 is 18.1.